The van der Waals surface area contributed by atoms with E-state index in [1.165, 1.54) is 6.33 Å². The van der Waals surface area contributed by atoms with E-state index in [2.05, 4.69) is 25.4 Å². The average molecular weight is 308 g/mol. The summed E-state index contributed by atoms with van der Waals surface area (Å²) in [5, 5.41) is 11.4. The number of thiazole rings is 1. The van der Waals surface area contributed by atoms with E-state index in [1.54, 1.807) is 22.2 Å². The summed E-state index contributed by atoms with van der Waals surface area (Å²) in [5.74, 6) is 0.750. The number of nitrogens with zero attached hydrogens (tertiary/aromatic N) is 5. The van der Waals surface area contributed by atoms with Crippen LogP contribution in [0.5, 0.6) is 0 Å². The lowest BCUT2D eigenvalue weighted by Gasteiger charge is -2.07. The quantitative estimate of drug-likeness (QED) is 0.629. The van der Waals surface area contributed by atoms with E-state index in [9.17, 15) is 0 Å². The molecule has 0 radical (unpaired) electrons. The second-order valence-electron chi connectivity index (χ2n) is 4.77. The predicted octanol–water partition coefficient (Wildman–Crippen LogP) is 3.23. The molecule has 0 fully saturated rings. The second-order valence-corrected chi connectivity index (χ2v) is 5.66. The van der Waals surface area contributed by atoms with Crippen LogP contribution >= 0.6 is 11.3 Å². The van der Waals surface area contributed by atoms with Crippen molar-refractivity contribution in [2.75, 3.05) is 5.32 Å². The molecule has 4 rings (SSSR count). The minimum absolute atomic E-state index is 0.750. The molecule has 0 aliphatic heterocycles. The third kappa shape index (κ3) is 2.21. The topological polar surface area (TPSA) is 68.5 Å². The largest absolute Gasteiger partial charge is 0.340 e. The molecule has 3 heterocycles. The maximum atomic E-state index is 4.31. The molecular weight excluding hydrogens is 296 g/mol. The average Bonchev–Trinajstić information content (AvgIpc) is 3.19. The summed E-state index contributed by atoms with van der Waals surface area (Å²) in [6.45, 7) is 0. The van der Waals surface area contributed by atoms with Crippen molar-refractivity contribution in [1.29, 1.82) is 0 Å². The van der Waals surface area contributed by atoms with Crippen LogP contribution in [-0.4, -0.2) is 24.7 Å². The first kappa shape index (κ1) is 12.9. The molecule has 0 spiro atoms. The maximum Gasteiger partial charge on any atom is 0.163 e. The molecule has 0 atom stereocenters. The van der Waals surface area contributed by atoms with E-state index < -0.39 is 0 Å². The van der Waals surface area contributed by atoms with E-state index in [4.69, 9.17) is 0 Å². The van der Waals surface area contributed by atoms with Crippen LogP contribution in [0.15, 0.2) is 48.4 Å². The molecule has 6 nitrogen and oxygen atoms in total. The molecule has 0 saturated heterocycles. The van der Waals surface area contributed by atoms with Gasteiger partial charge in [-0.25, -0.2) is 15.0 Å². The van der Waals surface area contributed by atoms with Crippen molar-refractivity contribution in [3.63, 3.8) is 0 Å². The molecule has 0 amide bonds. The number of anilines is 2. The Morgan fingerprint density at radius 2 is 1.95 bits per heavy atom. The molecular formula is C15H12N6S. The molecule has 22 heavy (non-hydrogen) atoms. The second kappa shape index (κ2) is 5.19. The van der Waals surface area contributed by atoms with Crippen molar-refractivity contribution in [2.24, 2.45) is 7.05 Å². The zero-order valence-corrected chi connectivity index (χ0v) is 12.6. The number of aromatic nitrogens is 5. The number of hydrogen-bond donors (Lipinski definition) is 1. The van der Waals surface area contributed by atoms with Crippen molar-refractivity contribution in [2.45, 2.75) is 0 Å². The van der Waals surface area contributed by atoms with Crippen LogP contribution < -0.4 is 5.32 Å². The van der Waals surface area contributed by atoms with Crippen LogP contribution in [-0.2, 0) is 7.05 Å². The Labute approximate surface area is 130 Å². The fourth-order valence-corrected chi connectivity index (χ4v) is 2.91. The Kier molecular flexibility index (Phi) is 3.05. The van der Waals surface area contributed by atoms with Gasteiger partial charge >= 0.3 is 0 Å². The van der Waals surface area contributed by atoms with Gasteiger partial charge < -0.3 is 5.32 Å². The molecule has 3 aromatic heterocycles. The van der Waals surface area contributed by atoms with Crippen LogP contribution in [0.3, 0.4) is 0 Å². The van der Waals surface area contributed by atoms with Crippen LogP contribution in [0.1, 0.15) is 0 Å². The molecule has 1 N–H and O–H groups in total. The van der Waals surface area contributed by atoms with E-state index in [0.717, 1.165) is 33.1 Å². The van der Waals surface area contributed by atoms with Crippen LogP contribution in [0.2, 0.25) is 0 Å². The molecule has 0 bridgehead atoms. The first-order valence-corrected chi connectivity index (χ1v) is 7.59. The zero-order chi connectivity index (χ0) is 14.9. The standard InChI is InChI=1S/C15H12N6S/c1-21-14-12(8-19-21)13(17-9-18-14)20-11-4-2-10(3-5-11)15-16-6-7-22-15/h2-9H,1H3,(H,17,18,20). The minimum Gasteiger partial charge on any atom is -0.340 e. The Morgan fingerprint density at radius 1 is 1.09 bits per heavy atom. The molecule has 0 aliphatic rings. The lowest BCUT2D eigenvalue weighted by Crippen LogP contribution is -1.97. The van der Waals surface area contributed by atoms with E-state index in [0.29, 0.717) is 0 Å². The fourth-order valence-electron chi connectivity index (χ4n) is 2.26. The summed E-state index contributed by atoms with van der Waals surface area (Å²) in [5.41, 5.74) is 2.87. The third-order valence-corrected chi connectivity index (χ3v) is 4.18. The first-order chi connectivity index (χ1) is 10.8. The number of nitrogens with one attached hydrogen (secondary N) is 1. The van der Waals surface area contributed by atoms with E-state index in [1.807, 2.05) is 42.9 Å². The molecule has 7 heteroatoms. The Bertz CT molecular complexity index is 911. The maximum absolute atomic E-state index is 4.31. The Balaban J connectivity index is 1.65. The number of hydrogen-bond acceptors (Lipinski definition) is 6. The first-order valence-electron chi connectivity index (χ1n) is 6.71. The van der Waals surface area contributed by atoms with Gasteiger partial charge in [0.15, 0.2) is 5.65 Å². The zero-order valence-electron chi connectivity index (χ0n) is 11.8. The van der Waals surface area contributed by atoms with Gasteiger partial charge in [0, 0.05) is 29.9 Å². The van der Waals surface area contributed by atoms with Gasteiger partial charge in [0.25, 0.3) is 0 Å². The Morgan fingerprint density at radius 3 is 2.73 bits per heavy atom. The monoisotopic (exact) mass is 308 g/mol. The van der Waals surface area contributed by atoms with Crippen LogP contribution in [0.4, 0.5) is 11.5 Å². The minimum atomic E-state index is 0.750. The van der Waals surface area contributed by atoms with Crippen molar-refractivity contribution in [1.82, 2.24) is 24.7 Å². The summed E-state index contributed by atoms with van der Waals surface area (Å²) in [7, 11) is 1.86. The van der Waals surface area contributed by atoms with Gasteiger partial charge in [-0.1, -0.05) is 0 Å². The van der Waals surface area contributed by atoms with Crippen molar-refractivity contribution in [3.8, 4) is 10.6 Å². The molecule has 0 unspecified atom stereocenters. The summed E-state index contributed by atoms with van der Waals surface area (Å²) in [4.78, 5) is 12.8. The summed E-state index contributed by atoms with van der Waals surface area (Å²) in [6.07, 6.45) is 5.12. The molecule has 4 aromatic rings. The Hall–Kier alpha value is -2.80. The molecule has 0 saturated carbocycles. The number of fused-ring (bicyclic) bond motifs is 1. The van der Waals surface area contributed by atoms with Gasteiger partial charge in [0.05, 0.1) is 11.6 Å². The lowest BCUT2D eigenvalue weighted by molar-refractivity contribution is 0.785. The van der Waals surface area contributed by atoms with E-state index in [-0.39, 0.29) is 0 Å². The van der Waals surface area contributed by atoms with Crippen LogP contribution in [0.25, 0.3) is 21.6 Å². The van der Waals surface area contributed by atoms with Gasteiger partial charge in [-0.05, 0) is 24.3 Å². The summed E-state index contributed by atoms with van der Waals surface area (Å²) < 4.78 is 1.73. The highest BCUT2D eigenvalue weighted by Gasteiger charge is 2.08. The van der Waals surface area contributed by atoms with Gasteiger partial charge in [0.1, 0.15) is 17.2 Å². The van der Waals surface area contributed by atoms with Gasteiger partial charge in [-0.2, -0.15) is 5.10 Å². The molecule has 1 aromatic carbocycles. The predicted molar refractivity (Wildman–Crippen MR) is 87.1 cm³/mol. The number of aryl methyl sites for hydroxylation is 1. The van der Waals surface area contributed by atoms with Crippen molar-refractivity contribution < 1.29 is 0 Å². The van der Waals surface area contributed by atoms with Crippen molar-refractivity contribution in [3.05, 3.63) is 48.4 Å². The summed E-state index contributed by atoms with van der Waals surface area (Å²) >= 11 is 1.63. The van der Waals surface area contributed by atoms with Crippen molar-refractivity contribution >= 4 is 33.9 Å². The lowest BCUT2D eigenvalue weighted by atomic mass is 10.2. The van der Waals surface area contributed by atoms with Gasteiger partial charge in [-0.15, -0.1) is 11.3 Å². The molecule has 108 valence electrons. The smallest absolute Gasteiger partial charge is 0.163 e. The normalized spacial score (nSPS) is 11.0. The fraction of sp³-hybridized carbons (Fsp3) is 0.0667. The SMILES string of the molecule is Cn1ncc2c(Nc3ccc(-c4nccs4)cc3)ncnc21. The van der Waals surface area contributed by atoms with E-state index >= 15 is 0 Å². The summed E-state index contributed by atoms with van der Waals surface area (Å²) in [6, 6.07) is 8.12. The highest BCUT2D eigenvalue weighted by molar-refractivity contribution is 7.13. The van der Waals surface area contributed by atoms with Gasteiger partial charge in [0.2, 0.25) is 0 Å². The molecule has 0 aliphatic carbocycles. The van der Waals surface area contributed by atoms with Crippen LogP contribution in [0, 0.1) is 0 Å². The number of rotatable bonds is 3. The van der Waals surface area contributed by atoms with Gasteiger partial charge in [-0.3, -0.25) is 4.68 Å². The number of benzene rings is 1. The third-order valence-electron chi connectivity index (χ3n) is 3.36. The highest BCUT2D eigenvalue weighted by Crippen LogP contribution is 2.26. The highest BCUT2D eigenvalue weighted by atomic mass is 32.1.